The molecule has 0 radical (unpaired) electrons. The Kier molecular flexibility index (Phi) is 4.57. The van der Waals surface area contributed by atoms with Crippen molar-refractivity contribution >= 4 is 11.6 Å². The number of nitrogens with two attached hydrogens (primary N) is 1. The van der Waals surface area contributed by atoms with Crippen LogP contribution in [0.3, 0.4) is 0 Å². The molecule has 0 aromatic carbocycles. The van der Waals surface area contributed by atoms with Crippen LogP contribution >= 0.6 is 0 Å². The molecule has 1 amide bonds. The Labute approximate surface area is 103 Å². The van der Waals surface area contributed by atoms with Crippen LogP contribution < -0.4 is 11.1 Å². The van der Waals surface area contributed by atoms with Gasteiger partial charge in [-0.3, -0.25) is 4.79 Å². The lowest BCUT2D eigenvalue weighted by atomic mass is 10.3. The Bertz CT molecular complexity index is 384. The molecule has 0 aliphatic carbocycles. The molecule has 1 atom stereocenters. The molecule has 1 aromatic heterocycles. The normalized spacial score (nSPS) is 12.8. The van der Waals surface area contributed by atoms with Gasteiger partial charge in [0.05, 0.1) is 5.69 Å². The quantitative estimate of drug-likeness (QED) is 0.796. The van der Waals surface area contributed by atoms with Crippen molar-refractivity contribution in [3.63, 3.8) is 0 Å². The van der Waals surface area contributed by atoms with Gasteiger partial charge in [-0.1, -0.05) is 0 Å². The van der Waals surface area contributed by atoms with Crippen LogP contribution in [0.5, 0.6) is 0 Å². The summed E-state index contributed by atoms with van der Waals surface area (Å²) in [5.74, 6) is -0.0714. The van der Waals surface area contributed by atoms with Crippen LogP contribution in [0, 0.1) is 0 Å². The second-order valence-corrected chi connectivity index (χ2v) is 4.58. The number of carbonyl (C=O) groups excluding carboxylic acids is 1. The molecular weight excluding hydrogens is 216 g/mol. The highest BCUT2D eigenvalue weighted by atomic mass is 16.2. The third-order valence-electron chi connectivity index (χ3n) is 2.51. The van der Waals surface area contributed by atoms with Gasteiger partial charge in [0.25, 0.3) is 5.91 Å². The molecular formula is C12H22N4O. The fourth-order valence-corrected chi connectivity index (χ4v) is 1.88. The molecule has 17 heavy (non-hydrogen) atoms. The van der Waals surface area contributed by atoms with Crippen molar-refractivity contribution in [1.82, 2.24) is 14.8 Å². The first-order chi connectivity index (χ1) is 7.93. The van der Waals surface area contributed by atoms with Crippen LogP contribution in [0.25, 0.3) is 0 Å². The molecule has 0 bridgehead atoms. The van der Waals surface area contributed by atoms with E-state index >= 15 is 0 Å². The molecule has 0 fully saturated rings. The smallest absolute Gasteiger partial charge is 0.268 e. The van der Waals surface area contributed by atoms with Crippen LogP contribution in [-0.2, 0) is 6.54 Å². The monoisotopic (exact) mass is 238 g/mol. The van der Waals surface area contributed by atoms with Crippen LogP contribution in [0.15, 0.2) is 12.3 Å². The minimum atomic E-state index is -0.0714. The van der Waals surface area contributed by atoms with Crippen molar-refractivity contribution in [2.45, 2.75) is 26.4 Å². The summed E-state index contributed by atoms with van der Waals surface area (Å²) in [6.07, 6.45) is 1.78. The predicted molar refractivity (Wildman–Crippen MR) is 70.0 cm³/mol. The van der Waals surface area contributed by atoms with Gasteiger partial charge < -0.3 is 20.5 Å². The Hall–Kier alpha value is -1.49. The average Bonchev–Trinajstić information content (AvgIpc) is 2.58. The van der Waals surface area contributed by atoms with E-state index in [1.165, 1.54) is 0 Å². The number of nitrogens with zero attached hydrogens (tertiary/aromatic N) is 2. The zero-order chi connectivity index (χ0) is 13.0. The maximum Gasteiger partial charge on any atom is 0.268 e. The summed E-state index contributed by atoms with van der Waals surface area (Å²) in [4.78, 5) is 14.1. The lowest BCUT2D eigenvalue weighted by Gasteiger charge is -2.18. The second-order valence-electron chi connectivity index (χ2n) is 4.58. The van der Waals surface area contributed by atoms with Gasteiger partial charge in [0.1, 0.15) is 5.69 Å². The number of hydrogen-bond donors (Lipinski definition) is 2. The van der Waals surface area contributed by atoms with E-state index in [0.717, 1.165) is 13.1 Å². The summed E-state index contributed by atoms with van der Waals surface area (Å²) < 4.78 is 1.85. The van der Waals surface area contributed by atoms with E-state index in [1.54, 1.807) is 12.3 Å². The first kappa shape index (κ1) is 13.6. The number of aryl methyl sites for hydroxylation is 1. The van der Waals surface area contributed by atoms with Gasteiger partial charge in [0.15, 0.2) is 0 Å². The number of hydrogen-bond acceptors (Lipinski definition) is 3. The molecule has 1 aromatic rings. The van der Waals surface area contributed by atoms with Gasteiger partial charge in [-0.15, -0.1) is 0 Å². The summed E-state index contributed by atoms with van der Waals surface area (Å²) in [6, 6.07) is 1.82. The number of nitrogens with one attached hydrogen (secondary N) is 1. The van der Waals surface area contributed by atoms with Crippen LogP contribution in [0.1, 0.15) is 24.3 Å². The average molecular weight is 238 g/mol. The van der Waals surface area contributed by atoms with Gasteiger partial charge in [0, 0.05) is 25.3 Å². The highest BCUT2D eigenvalue weighted by Crippen LogP contribution is 2.10. The van der Waals surface area contributed by atoms with Crippen molar-refractivity contribution < 1.29 is 4.79 Å². The molecule has 5 nitrogen and oxygen atoms in total. The zero-order valence-electron chi connectivity index (χ0n) is 11.0. The van der Waals surface area contributed by atoms with E-state index < -0.39 is 0 Å². The third kappa shape index (κ3) is 3.78. The summed E-state index contributed by atoms with van der Waals surface area (Å²) >= 11 is 0. The van der Waals surface area contributed by atoms with Gasteiger partial charge in [-0.25, -0.2) is 0 Å². The van der Waals surface area contributed by atoms with Gasteiger partial charge in [-0.2, -0.15) is 0 Å². The number of anilines is 1. The molecule has 3 N–H and O–H groups in total. The van der Waals surface area contributed by atoms with Crippen molar-refractivity contribution in [2.24, 2.45) is 0 Å². The molecule has 0 aliphatic heterocycles. The van der Waals surface area contributed by atoms with Gasteiger partial charge in [-0.05, 0) is 34.0 Å². The Morgan fingerprint density at radius 1 is 1.59 bits per heavy atom. The number of nitrogen functional groups attached to an aromatic ring is 1. The fourth-order valence-electron chi connectivity index (χ4n) is 1.88. The van der Waals surface area contributed by atoms with Crippen molar-refractivity contribution in [1.29, 1.82) is 0 Å². The highest BCUT2D eigenvalue weighted by molar-refractivity contribution is 5.94. The largest absolute Gasteiger partial charge is 0.397 e. The Balaban J connectivity index is 2.69. The predicted octanol–water partition coefficient (Wildman–Crippen LogP) is 0.770. The summed E-state index contributed by atoms with van der Waals surface area (Å²) in [5.41, 5.74) is 6.94. The van der Waals surface area contributed by atoms with E-state index in [0.29, 0.717) is 11.4 Å². The van der Waals surface area contributed by atoms with Crippen molar-refractivity contribution in [3.05, 3.63) is 18.0 Å². The first-order valence-electron chi connectivity index (χ1n) is 5.85. The lowest BCUT2D eigenvalue weighted by molar-refractivity contribution is 0.0925. The highest BCUT2D eigenvalue weighted by Gasteiger charge is 2.14. The van der Waals surface area contributed by atoms with E-state index in [4.69, 9.17) is 5.73 Å². The van der Waals surface area contributed by atoms with Crippen LogP contribution in [0.2, 0.25) is 0 Å². The van der Waals surface area contributed by atoms with E-state index in [2.05, 4.69) is 5.32 Å². The minimum absolute atomic E-state index is 0.0714. The van der Waals surface area contributed by atoms with Crippen LogP contribution in [-0.4, -0.2) is 42.1 Å². The molecule has 5 heteroatoms. The Morgan fingerprint density at radius 2 is 2.24 bits per heavy atom. The molecule has 1 rings (SSSR count). The van der Waals surface area contributed by atoms with Gasteiger partial charge >= 0.3 is 0 Å². The molecule has 0 saturated heterocycles. The SMILES string of the molecule is CCn1cc(N)cc1C(=O)NC(C)CN(C)C. The minimum Gasteiger partial charge on any atom is -0.397 e. The number of amides is 1. The fraction of sp³-hybridized carbons (Fsp3) is 0.583. The number of carbonyl (C=O) groups is 1. The topological polar surface area (TPSA) is 63.3 Å². The number of rotatable bonds is 5. The van der Waals surface area contributed by atoms with Crippen LogP contribution in [0.4, 0.5) is 5.69 Å². The molecule has 0 spiro atoms. The number of aromatic nitrogens is 1. The van der Waals surface area contributed by atoms with Crippen molar-refractivity contribution in [3.8, 4) is 0 Å². The molecule has 96 valence electrons. The van der Waals surface area contributed by atoms with E-state index in [9.17, 15) is 4.79 Å². The van der Waals surface area contributed by atoms with E-state index in [-0.39, 0.29) is 11.9 Å². The van der Waals surface area contributed by atoms with E-state index in [1.807, 2.05) is 37.4 Å². The summed E-state index contributed by atoms with van der Waals surface area (Å²) in [7, 11) is 3.96. The van der Waals surface area contributed by atoms with Gasteiger partial charge in [0.2, 0.25) is 0 Å². The first-order valence-corrected chi connectivity index (χ1v) is 5.85. The summed E-state index contributed by atoms with van der Waals surface area (Å²) in [5, 5.41) is 2.96. The maximum atomic E-state index is 12.0. The lowest BCUT2D eigenvalue weighted by Crippen LogP contribution is -2.40. The number of likely N-dealkylation sites (N-methyl/N-ethyl adjacent to an activating group) is 1. The Morgan fingerprint density at radius 3 is 2.76 bits per heavy atom. The second kappa shape index (κ2) is 5.72. The summed E-state index contributed by atoms with van der Waals surface area (Å²) in [6.45, 7) is 5.52. The molecule has 1 unspecified atom stereocenters. The standard InChI is InChI=1S/C12H22N4O/c1-5-16-8-10(13)6-11(16)12(17)14-9(2)7-15(3)4/h6,8-9H,5,7,13H2,1-4H3,(H,14,17). The molecule has 0 aliphatic rings. The van der Waals surface area contributed by atoms with Crippen molar-refractivity contribution in [2.75, 3.05) is 26.4 Å². The molecule has 1 heterocycles. The molecule has 0 saturated carbocycles. The third-order valence-corrected chi connectivity index (χ3v) is 2.51. The zero-order valence-corrected chi connectivity index (χ0v) is 11.0. The maximum absolute atomic E-state index is 12.0.